The third kappa shape index (κ3) is 2.95. The molecule has 0 fully saturated rings. The van der Waals surface area contributed by atoms with Crippen molar-refractivity contribution >= 4 is 35.1 Å². The molecule has 1 N–H and O–H groups in total. The van der Waals surface area contributed by atoms with Crippen molar-refractivity contribution in [3.8, 4) is 5.69 Å². The number of halogens is 2. The molecule has 0 aliphatic carbocycles. The standard InChI is InChI=1S/C13H9Cl2N5O2/c1-7-16-13(22-19-7)17-12(21)11-4-5-20(18-11)8-2-3-9(14)10(15)6-8/h2-6H,1H3,(H,16,17,19,21). The van der Waals surface area contributed by atoms with Gasteiger partial charge in [-0.25, -0.2) is 4.68 Å². The molecule has 0 saturated carbocycles. The van der Waals surface area contributed by atoms with Crippen LogP contribution in [0.1, 0.15) is 16.3 Å². The molecule has 0 bridgehead atoms. The first-order chi connectivity index (χ1) is 10.5. The summed E-state index contributed by atoms with van der Waals surface area (Å²) in [6.45, 7) is 1.65. The number of rotatable bonds is 3. The SMILES string of the molecule is Cc1noc(NC(=O)c2ccn(-c3ccc(Cl)c(Cl)c3)n2)n1. The van der Waals surface area contributed by atoms with Crippen LogP contribution < -0.4 is 5.32 Å². The number of benzene rings is 1. The van der Waals surface area contributed by atoms with Gasteiger partial charge in [0, 0.05) is 6.20 Å². The highest BCUT2D eigenvalue weighted by atomic mass is 35.5. The highest BCUT2D eigenvalue weighted by Crippen LogP contribution is 2.24. The van der Waals surface area contributed by atoms with E-state index in [4.69, 9.17) is 27.7 Å². The van der Waals surface area contributed by atoms with Crippen LogP contribution in [0.5, 0.6) is 0 Å². The summed E-state index contributed by atoms with van der Waals surface area (Å²) in [5.41, 5.74) is 0.879. The first kappa shape index (κ1) is 14.6. The molecule has 112 valence electrons. The van der Waals surface area contributed by atoms with Crippen LogP contribution in [-0.4, -0.2) is 25.8 Å². The normalized spacial score (nSPS) is 10.7. The van der Waals surface area contributed by atoms with Crippen molar-refractivity contribution in [1.29, 1.82) is 0 Å². The molecule has 0 spiro atoms. The van der Waals surface area contributed by atoms with Gasteiger partial charge in [-0.05, 0) is 31.2 Å². The largest absolute Gasteiger partial charge is 0.328 e. The molecule has 9 heteroatoms. The van der Waals surface area contributed by atoms with Crippen LogP contribution in [0.3, 0.4) is 0 Å². The summed E-state index contributed by atoms with van der Waals surface area (Å²) in [5.74, 6) is -0.0286. The van der Waals surface area contributed by atoms with Crippen molar-refractivity contribution < 1.29 is 9.32 Å². The zero-order valence-electron chi connectivity index (χ0n) is 11.2. The average Bonchev–Trinajstić information content (AvgIpc) is 3.11. The summed E-state index contributed by atoms with van der Waals surface area (Å²) in [5, 5.41) is 11.1. The number of carbonyl (C=O) groups excluding carboxylic acids is 1. The van der Waals surface area contributed by atoms with E-state index in [9.17, 15) is 4.79 Å². The molecule has 0 unspecified atom stereocenters. The fraction of sp³-hybridized carbons (Fsp3) is 0.0769. The summed E-state index contributed by atoms with van der Waals surface area (Å²) >= 11 is 11.8. The third-order valence-electron chi connectivity index (χ3n) is 2.74. The van der Waals surface area contributed by atoms with Crippen LogP contribution in [0.4, 0.5) is 6.01 Å². The van der Waals surface area contributed by atoms with E-state index in [0.717, 1.165) is 0 Å². The summed E-state index contributed by atoms with van der Waals surface area (Å²) in [6, 6.07) is 6.62. The van der Waals surface area contributed by atoms with E-state index in [2.05, 4.69) is 20.6 Å². The number of nitrogens with one attached hydrogen (secondary N) is 1. The molecule has 22 heavy (non-hydrogen) atoms. The minimum atomic E-state index is -0.456. The Balaban J connectivity index is 1.80. The van der Waals surface area contributed by atoms with Crippen molar-refractivity contribution in [2.45, 2.75) is 6.92 Å². The van der Waals surface area contributed by atoms with Gasteiger partial charge in [0.25, 0.3) is 5.91 Å². The number of nitrogens with zero attached hydrogens (tertiary/aromatic N) is 4. The molecule has 7 nitrogen and oxygen atoms in total. The maximum Gasteiger partial charge on any atom is 0.328 e. The highest BCUT2D eigenvalue weighted by molar-refractivity contribution is 6.42. The molecule has 0 saturated heterocycles. The topological polar surface area (TPSA) is 85.8 Å². The molecule has 2 aromatic heterocycles. The number of hydrogen-bond acceptors (Lipinski definition) is 5. The van der Waals surface area contributed by atoms with E-state index >= 15 is 0 Å². The van der Waals surface area contributed by atoms with E-state index < -0.39 is 5.91 Å². The van der Waals surface area contributed by atoms with Crippen molar-refractivity contribution in [2.75, 3.05) is 5.32 Å². The Hall–Kier alpha value is -2.38. The van der Waals surface area contributed by atoms with Gasteiger partial charge in [0.05, 0.1) is 15.7 Å². The maximum atomic E-state index is 12.0. The van der Waals surface area contributed by atoms with Crippen LogP contribution >= 0.6 is 23.2 Å². The smallest absolute Gasteiger partial charge is 0.315 e. The summed E-state index contributed by atoms with van der Waals surface area (Å²) in [7, 11) is 0. The van der Waals surface area contributed by atoms with Crippen LogP contribution in [0.2, 0.25) is 10.0 Å². The second-order valence-electron chi connectivity index (χ2n) is 4.34. The van der Waals surface area contributed by atoms with Gasteiger partial charge in [0.1, 0.15) is 0 Å². The molecule has 2 heterocycles. The fourth-order valence-electron chi connectivity index (χ4n) is 1.73. The predicted molar refractivity (Wildman–Crippen MR) is 80.6 cm³/mol. The van der Waals surface area contributed by atoms with Gasteiger partial charge in [-0.1, -0.05) is 28.4 Å². The number of hydrogen-bond donors (Lipinski definition) is 1. The minimum Gasteiger partial charge on any atom is -0.315 e. The average molecular weight is 338 g/mol. The van der Waals surface area contributed by atoms with Gasteiger partial charge < -0.3 is 4.52 Å². The first-order valence-electron chi connectivity index (χ1n) is 6.16. The predicted octanol–water partition coefficient (Wildman–Crippen LogP) is 3.12. The highest BCUT2D eigenvalue weighted by Gasteiger charge is 2.14. The molecular weight excluding hydrogens is 329 g/mol. The maximum absolute atomic E-state index is 12.0. The quantitative estimate of drug-likeness (QED) is 0.793. The van der Waals surface area contributed by atoms with Gasteiger partial charge >= 0.3 is 6.01 Å². The monoisotopic (exact) mass is 337 g/mol. The second-order valence-corrected chi connectivity index (χ2v) is 5.16. The lowest BCUT2D eigenvalue weighted by Crippen LogP contribution is -2.13. The van der Waals surface area contributed by atoms with E-state index in [-0.39, 0.29) is 11.7 Å². The van der Waals surface area contributed by atoms with E-state index in [1.165, 1.54) is 4.68 Å². The van der Waals surface area contributed by atoms with Crippen molar-refractivity contribution in [3.63, 3.8) is 0 Å². The number of aryl methyl sites for hydroxylation is 1. The Morgan fingerprint density at radius 3 is 2.77 bits per heavy atom. The zero-order chi connectivity index (χ0) is 15.7. The van der Waals surface area contributed by atoms with E-state index in [0.29, 0.717) is 21.6 Å². The molecule has 3 aromatic rings. The zero-order valence-corrected chi connectivity index (χ0v) is 12.8. The van der Waals surface area contributed by atoms with E-state index in [1.54, 1.807) is 37.4 Å². The Morgan fingerprint density at radius 2 is 2.09 bits per heavy atom. The summed E-state index contributed by atoms with van der Waals surface area (Å²) < 4.78 is 6.33. The van der Waals surface area contributed by atoms with Crippen LogP contribution in [0.15, 0.2) is 35.0 Å². The molecule has 0 aliphatic heterocycles. The van der Waals surface area contributed by atoms with Crippen molar-refractivity contribution in [1.82, 2.24) is 19.9 Å². The van der Waals surface area contributed by atoms with Gasteiger partial charge in [-0.2, -0.15) is 10.1 Å². The first-order valence-corrected chi connectivity index (χ1v) is 6.91. The number of anilines is 1. The van der Waals surface area contributed by atoms with Crippen LogP contribution in [0, 0.1) is 6.92 Å². The summed E-state index contributed by atoms with van der Waals surface area (Å²) in [4.78, 5) is 15.9. The Kier molecular flexibility index (Phi) is 3.82. The lowest BCUT2D eigenvalue weighted by Gasteiger charge is -2.03. The molecule has 0 atom stereocenters. The Labute approximate surface area is 134 Å². The van der Waals surface area contributed by atoms with Gasteiger partial charge in [0.15, 0.2) is 11.5 Å². The van der Waals surface area contributed by atoms with Crippen LogP contribution in [-0.2, 0) is 0 Å². The summed E-state index contributed by atoms with van der Waals surface area (Å²) in [6.07, 6.45) is 1.63. The third-order valence-corrected chi connectivity index (χ3v) is 3.48. The molecule has 1 aromatic carbocycles. The van der Waals surface area contributed by atoms with Gasteiger partial charge in [-0.3, -0.25) is 10.1 Å². The molecule has 3 rings (SSSR count). The minimum absolute atomic E-state index is 0.0200. The Bertz CT molecular complexity index is 843. The lowest BCUT2D eigenvalue weighted by atomic mass is 10.3. The Morgan fingerprint density at radius 1 is 1.27 bits per heavy atom. The molecule has 0 aliphatic rings. The number of amides is 1. The molecule has 0 radical (unpaired) electrons. The van der Waals surface area contributed by atoms with Crippen molar-refractivity contribution in [2.24, 2.45) is 0 Å². The second kappa shape index (κ2) is 5.78. The van der Waals surface area contributed by atoms with E-state index in [1.807, 2.05) is 0 Å². The van der Waals surface area contributed by atoms with Gasteiger partial charge in [-0.15, -0.1) is 0 Å². The van der Waals surface area contributed by atoms with Crippen molar-refractivity contribution in [3.05, 3.63) is 52.0 Å². The fourth-order valence-corrected chi connectivity index (χ4v) is 2.02. The van der Waals surface area contributed by atoms with Gasteiger partial charge in [0.2, 0.25) is 0 Å². The molecular formula is C13H9Cl2N5O2. The molecule has 1 amide bonds. The number of aromatic nitrogens is 4. The lowest BCUT2D eigenvalue weighted by molar-refractivity contribution is 0.101. The van der Waals surface area contributed by atoms with Crippen LogP contribution in [0.25, 0.3) is 5.69 Å². The number of carbonyl (C=O) groups is 1.